The Morgan fingerprint density at radius 3 is 1.31 bits per heavy atom. The number of para-hydroxylation sites is 1. The molecule has 0 unspecified atom stereocenters. The quantitative estimate of drug-likeness (QED) is 0.0184. The van der Waals surface area contributed by atoms with Crippen molar-refractivity contribution in [2.45, 2.75) is 228 Å². The molecule has 32 N–H and O–H groups in total. The number of aliphatic hydroxyl groups is 1. The number of phenols is 1. The third kappa shape index (κ3) is 37.1. The van der Waals surface area contributed by atoms with E-state index in [-0.39, 0.29) is 56.1 Å². The minimum atomic E-state index is -2.11. The minimum absolute atomic E-state index is 0.131. The predicted molar refractivity (Wildman–Crippen MR) is 439 cm³/mol. The molecule has 1 heterocycles. The summed E-state index contributed by atoms with van der Waals surface area (Å²) < 4.78 is 0. The summed E-state index contributed by atoms with van der Waals surface area (Å²) in [6.45, 7) is 7.61. The number of fused-ring (bicyclic) bond motifs is 1. The van der Waals surface area contributed by atoms with Crippen LogP contribution >= 0.6 is 12.6 Å². The Bertz CT molecular complexity index is 4230. The molecule has 0 radical (unpaired) electrons. The van der Waals surface area contributed by atoms with E-state index >= 15 is 0 Å². The molecule has 15 atom stereocenters. The van der Waals surface area contributed by atoms with Gasteiger partial charge in [-0.3, -0.25) is 91.1 Å². The van der Waals surface area contributed by atoms with E-state index in [2.05, 4.69) is 92.0 Å². The van der Waals surface area contributed by atoms with Crippen LogP contribution < -0.4 is 109 Å². The molecule has 3 rings (SSSR count). The largest absolute Gasteiger partial charge is 0.508 e. The van der Waals surface area contributed by atoms with Gasteiger partial charge in [0.15, 0.2) is 0 Å². The van der Waals surface area contributed by atoms with Crippen molar-refractivity contribution in [1.82, 2.24) is 79.4 Å². The SMILES string of the molecule is CC(C)C[C@H](NC(=O)[C@H](CC(N)=O)NC(=O)[C@H](CS)NC(=O)[C@@H](N)CCCCN)C(=O)N[C@@H](Cc1ccc(O)cc1)C(=O)N[C@@H](C)C(=O)N[C@@H](CC(=O)O)C(=O)N[C@@H](CO)C(=O)N[C@@H](C)C(=O)N[C@@H](Cc1c[nH]c2ccccc12)C(=O)N[C@@H](CCC(=O)O)C(=O)N[C@@H](CC(N)=O)C(=O)N[C@H](C(=O)N[C@@H](CCCCN)C(=O)N[C@@H](CC(N)=O)C(=O)O)C(C)C. The van der Waals surface area contributed by atoms with Gasteiger partial charge in [0.25, 0.3) is 0 Å². The Labute approximate surface area is 711 Å². The van der Waals surface area contributed by atoms with Gasteiger partial charge in [-0.05, 0) is 113 Å². The number of thiol groups is 1. The Balaban J connectivity index is 1.90. The van der Waals surface area contributed by atoms with Crippen LogP contribution in [0.2, 0.25) is 0 Å². The third-order valence-corrected chi connectivity index (χ3v) is 19.1. The normalized spacial score (nSPS) is 14.8. The first-order valence-electron chi connectivity index (χ1n) is 39.3. The number of aromatic hydroxyl groups is 1. The number of hydrogen-bond donors (Lipinski definition) is 27. The molecule has 46 nitrogen and oxygen atoms in total. The van der Waals surface area contributed by atoms with Crippen molar-refractivity contribution in [3.63, 3.8) is 0 Å². The maximum atomic E-state index is 14.7. The lowest BCUT2D eigenvalue weighted by molar-refractivity contribution is -0.144. The van der Waals surface area contributed by atoms with Crippen molar-refractivity contribution < 1.29 is 121 Å². The van der Waals surface area contributed by atoms with E-state index in [1.54, 1.807) is 38.1 Å². The summed E-state index contributed by atoms with van der Waals surface area (Å²) in [5, 5.41) is 82.9. The number of aromatic amines is 1. The standard InChI is InChI=1S/C76H115N21O25S/c1-35(2)25-47(90-70(115)50(28-56(80)100)93-74(119)55(34-123)96-64(109)43(79)14-9-11-23-77)68(113)91-48(26-39-17-19-41(99)20-18-39)67(112)84-37(5)63(108)89-52(31-60(105)106)71(116)95-54(33-98)73(118)85-38(6)62(107)88-49(27-40-32-83-44-15-8-7-13-42(40)44)69(114)86-46(21-22-59(103)104)66(111)92-51(29-57(81)101)72(117)97-61(36(3)4)75(120)87-45(16-10-12-24-78)65(110)94-53(76(121)122)30-58(82)102/h7-8,13,15,17-20,32,35-38,43,45-55,61,83,98-99,123H,9-12,14,16,21-31,33-34,77-79H2,1-6H3,(H2,80,100)(H2,81,101)(H2,82,102)(H,84,112)(H,85,118)(H,86,114)(H,87,120)(H,88,107)(H,89,108)(H,90,115)(H,91,113)(H,92,111)(H,93,119)(H,94,110)(H,95,116)(H,96,109)(H,97,117)(H,103,104)(H,105,106)(H,121,122)/t37-,38-,43-,45-,46-,47-,48-,49-,50-,51-,52-,53-,54-,55-,61-/m0/s1. The summed E-state index contributed by atoms with van der Waals surface area (Å²) in [5.41, 5.74) is 34.5. The summed E-state index contributed by atoms with van der Waals surface area (Å²) in [6, 6.07) is -13.7. The molecular formula is C76H115N21O25S. The topological polar surface area (TPSA) is 783 Å². The molecule has 2 aromatic carbocycles. The number of carboxylic acids is 3. The molecule has 1 aromatic heterocycles. The molecule has 0 saturated carbocycles. The smallest absolute Gasteiger partial charge is 0.326 e. The molecule has 0 fully saturated rings. The van der Waals surface area contributed by atoms with Crippen molar-refractivity contribution in [2.24, 2.45) is 46.2 Å². The second-order valence-electron chi connectivity index (χ2n) is 29.8. The van der Waals surface area contributed by atoms with Gasteiger partial charge in [-0.1, -0.05) is 64.4 Å². The molecular weight excluding hydrogens is 1640 g/mol. The van der Waals surface area contributed by atoms with Gasteiger partial charge in [0.2, 0.25) is 100 Å². The summed E-state index contributed by atoms with van der Waals surface area (Å²) in [6.07, 6.45) is -3.22. The number of benzene rings is 2. The van der Waals surface area contributed by atoms with Gasteiger partial charge in [0.1, 0.15) is 90.3 Å². The van der Waals surface area contributed by atoms with Crippen LogP contribution in [0.25, 0.3) is 10.9 Å². The molecule has 680 valence electrons. The van der Waals surface area contributed by atoms with E-state index in [0.29, 0.717) is 47.8 Å². The van der Waals surface area contributed by atoms with Crippen molar-refractivity contribution in [3.05, 3.63) is 65.9 Å². The second-order valence-corrected chi connectivity index (χ2v) is 30.2. The van der Waals surface area contributed by atoms with Gasteiger partial charge in [-0.2, -0.15) is 12.6 Å². The molecule has 0 aliphatic heterocycles. The van der Waals surface area contributed by atoms with Crippen molar-refractivity contribution >= 4 is 142 Å². The number of nitrogens with two attached hydrogens (primary N) is 6. The van der Waals surface area contributed by atoms with Gasteiger partial charge in [-0.25, -0.2) is 4.79 Å². The minimum Gasteiger partial charge on any atom is -0.508 e. The van der Waals surface area contributed by atoms with Crippen LogP contribution in [0, 0.1) is 11.8 Å². The number of amides is 17. The number of aromatic nitrogens is 1. The van der Waals surface area contributed by atoms with Crippen LogP contribution in [0.4, 0.5) is 0 Å². The zero-order valence-corrected chi connectivity index (χ0v) is 69.7. The highest BCUT2D eigenvalue weighted by Gasteiger charge is 2.40. The number of unbranched alkanes of at least 4 members (excludes halogenated alkanes) is 2. The highest BCUT2D eigenvalue weighted by molar-refractivity contribution is 7.80. The Kier molecular flexibility index (Phi) is 44.7. The van der Waals surface area contributed by atoms with Crippen LogP contribution in [0.3, 0.4) is 0 Å². The summed E-state index contributed by atoms with van der Waals surface area (Å²) in [4.78, 5) is 271. The zero-order valence-electron chi connectivity index (χ0n) is 68.8. The summed E-state index contributed by atoms with van der Waals surface area (Å²) >= 11 is 4.14. The number of H-pyrrole nitrogens is 1. The van der Waals surface area contributed by atoms with Crippen LogP contribution in [0.5, 0.6) is 5.75 Å². The molecule has 0 bridgehead atoms. The lowest BCUT2D eigenvalue weighted by Crippen LogP contribution is -2.61. The van der Waals surface area contributed by atoms with Crippen LogP contribution in [0.15, 0.2) is 54.7 Å². The number of rotatable bonds is 57. The number of hydrogen-bond acceptors (Lipinski definition) is 26. The fraction of sp³-hybridized carbons (Fsp3) is 0.553. The van der Waals surface area contributed by atoms with Crippen LogP contribution in [0.1, 0.15) is 136 Å². The van der Waals surface area contributed by atoms with E-state index in [1.807, 2.05) is 0 Å². The number of aliphatic carboxylic acids is 3. The molecule has 0 spiro atoms. The van der Waals surface area contributed by atoms with Gasteiger partial charge in [-0.15, -0.1) is 0 Å². The number of aliphatic hydroxyl groups excluding tert-OH is 1. The Morgan fingerprint density at radius 2 is 0.805 bits per heavy atom. The van der Waals surface area contributed by atoms with E-state index in [4.69, 9.17) is 34.4 Å². The third-order valence-electron chi connectivity index (χ3n) is 18.7. The summed E-state index contributed by atoms with van der Waals surface area (Å²) in [7, 11) is 0. The molecule has 0 aliphatic rings. The van der Waals surface area contributed by atoms with Gasteiger partial charge in [0, 0.05) is 42.1 Å². The second kappa shape index (κ2) is 52.5. The molecule has 123 heavy (non-hydrogen) atoms. The Morgan fingerprint density at radius 1 is 0.407 bits per heavy atom. The molecule has 3 aromatic rings. The molecule has 47 heteroatoms. The number of carbonyl (C=O) groups is 20. The lowest BCUT2D eigenvalue weighted by atomic mass is 10.00. The molecule has 0 saturated heterocycles. The monoisotopic (exact) mass is 1750 g/mol. The first-order chi connectivity index (χ1) is 57.8. The first kappa shape index (κ1) is 105. The van der Waals surface area contributed by atoms with Crippen LogP contribution in [-0.4, -0.2) is 265 Å². The van der Waals surface area contributed by atoms with Crippen molar-refractivity contribution in [2.75, 3.05) is 25.4 Å². The Hall–Kier alpha value is -12.6. The van der Waals surface area contributed by atoms with Crippen LogP contribution in [-0.2, 0) is 109 Å². The first-order valence-corrected chi connectivity index (χ1v) is 39.9. The van der Waals surface area contributed by atoms with E-state index in [1.165, 1.54) is 44.3 Å². The number of primary amides is 3. The highest BCUT2D eigenvalue weighted by Crippen LogP contribution is 2.21. The fourth-order valence-corrected chi connectivity index (χ4v) is 12.3. The lowest BCUT2D eigenvalue weighted by Gasteiger charge is -2.28. The number of carbonyl (C=O) groups excluding carboxylic acids is 17. The van der Waals surface area contributed by atoms with E-state index in [0.717, 1.165) is 13.8 Å². The number of carboxylic acid groups (broad SMARTS) is 3. The summed E-state index contributed by atoms with van der Waals surface area (Å²) in [5.74, 6) is -26.0. The van der Waals surface area contributed by atoms with Gasteiger partial charge in [0.05, 0.1) is 38.3 Å². The van der Waals surface area contributed by atoms with Gasteiger partial charge >= 0.3 is 17.9 Å². The molecule has 0 aliphatic carbocycles. The zero-order chi connectivity index (χ0) is 92.7. The average molecular weight is 1750 g/mol. The molecule has 17 amide bonds. The fourth-order valence-electron chi connectivity index (χ4n) is 12.0. The number of nitrogens with one attached hydrogen (secondary N) is 15. The predicted octanol–water partition coefficient (Wildman–Crippen LogP) is -8.25. The number of phenolic OH excluding ortho intramolecular Hbond substituents is 1. The maximum Gasteiger partial charge on any atom is 0.326 e. The van der Waals surface area contributed by atoms with E-state index < -0.39 is 266 Å². The average Bonchev–Trinajstić information content (AvgIpc) is 1.68. The van der Waals surface area contributed by atoms with E-state index in [9.17, 15) is 121 Å². The highest BCUT2D eigenvalue weighted by atomic mass is 32.1. The maximum absolute atomic E-state index is 14.7. The van der Waals surface area contributed by atoms with Gasteiger partial charge < -0.3 is 139 Å². The van der Waals surface area contributed by atoms with Crippen molar-refractivity contribution in [3.8, 4) is 5.75 Å². The van der Waals surface area contributed by atoms with Crippen molar-refractivity contribution in [1.29, 1.82) is 0 Å².